The molecule has 4 rings (SSSR count). The Kier molecular flexibility index (Phi) is 4.54. The quantitative estimate of drug-likeness (QED) is 0.543. The van der Waals surface area contributed by atoms with Gasteiger partial charge in [-0.2, -0.15) is 10.4 Å². The van der Waals surface area contributed by atoms with Crippen molar-refractivity contribution in [3.8, 4) is 40.5 Å². The van der Waals surface area contributed by atoms with Crippen molar-refractivity contribution >= 4 is 10.9 Å². The summed E-state index contributed by atoms with van der Waals surface area (Å²) in [5, 5.41) is 24.9. The van der Waals surface area contributed by atoms with Gasteiger partial charge in [-0.15, -0.1) is 0 Å². The van der Waals surface area contributed by atoms with Crippen LogP contribution in [0.5, 0.6) is 17.5 Å². The summed E-state index contributed by atoms with van der Waals surface area (Å²) >= 11 is 0. The van der Waals surface area contributed by atoms with E-state index in [0.29, 0.717) is 33.9 Å². The van der Waals surface area contributed by atoms with Crippen molar-refractivity contribution in [1.82, 2.24) is 24.3 Å². The molecule has 0 aliphatic rings. The maximum absolute atomic E-state index is 10.7. The first kappa shape index (κ1) is 19.3. The second kappa shape index (κ2) is 7.08. The molecule has 0 aliphatic heterocycles. The standard InChI is InChI=1S/C21H20N6O3/c1-21(2,12-22)27-10-14(9-24-27)26-11-17-15(20(26)28)5-6-16(25-17)13-7-18(29-3)19(30-4)23-8-13/h5-11,28H,1-4H3. The summed E-state index contributed by atoms with van der Waals surface area (Å²) in [6, 6.07) is 7.59. The lowest BCUT2D eigenvalue weighted by Gasteiger charge is -2.15. The van der Waals surface area contributed by atoms with Crippen molar-refractivity contribution in [1.29, 1.82) is 5.26 Å². The average molecular weight is 404 g/mol. The zero-order valence-corrected chi connectivity index (χ0v) is 17.0. The van der Waals surface area contributed by atoms with E-state index in [0.717, 1.165) is 5.56 Å². The van der Waals surface area contributed by atoms with Gasteiger partial charge in [0.05, 0.1) is 55.0 Å². The SMILES string of the molecule is COc1cc(-c2ccc3c(O)n(-c4cnn(C(C)(C)C#N)c4)cc3n2)cnc1OC. The summed E-state index contributed by atoms with van der Waals surface area (Å²) in [5.74, 6) is 0.942. The first-order valence-corrected chi connectivity index (χ1v) is 9.14. The minimum Gasteiger partial charge on any atom is -0.494 e. The van der Waals surface area contributed by atoms with Gasteiger partial charge in [-0.05, 0) is 32.0 Å². The number of pyridine rings is 2. The number of hydrogen-bond donors (Lipinski definition) is 1. The van der Waals surface area contributed by atoms with Gasteiger partial charge in [0.15, 0.2) is 5.75 Å². The maximum atomic E-state index is 10.7. The fraction of sp³-hybridized carbons (Fsp3) is 0.238. The number of rotatable bonds is 5. The summed E-state index contributed by atoms with van der Waals surface area (Å²) in [7, 11) is 3.08. The molecule has 0 unspecified atom stereocenters. The number of hydrogen-bond acceptors (Lipinski definition) is 7. The Hall–Kier alpha value is -4.06. The van der Waals surface area contributed by atoms with Crippen LogP contribution in [0.1, 0.15) is 13.8 Å². The number of methoxy groups -OCH3 is 2. The molecule has 9 heteroatoms. The lowest BCUT2D eigenvalue weighted by atomic mass is 10.1. The van der Waals surface area contributed by atoms with E-state index in [1.54, 1.807) is 73.2 Å². The van der Waals surface area contributed by atoms with E-state index in [9.17, 15) is 10.4 Å². The van der Waals surface area contributed by atoms with Crippen molar-refractivity contribution in [3.63, 3.8) is 0 Å². The molecule has 0 fully saturated rings. The highest BCUT2D eigenvalue weighted by molar-refractivity contribution is 5.87. The van der Waals surface area contributed by atoms with Crippen LogP contribution in [0, 0.1) is 11.3 Å². The van der Waals surface area contributed by atoms with Crippen LogP contribution in [0.2, 0.25) is 0 Å². The van der Waals surface area contributed by atoms with E-state index >= 15 is 0 Å². The Balaban J connectivity index is 1.77. The molecule has 0 atom stereocenters. The Morgan fingerprint density at radius 1 is 1.13 bits per heavy atom. The molecule has 0 saturated heterocycles. The normalized spacial score (nSPS) is 11.4. The summed E-state index contributed by atoms with van der Waals surface area (Å²) < 4.78 is 13.6. The van der Waals surface area contributed by atoms with Crippen molar-refractivity contribution in [3.05, 3.63) is 43.0 Å². The number of fused-ring (bicyclic) bond motifs is 1. The van der Waals surface area contributed by atoms with Crippen LogP contribution in [-0.2, 0) is 5.54 Å². The van der Waals surface area contributed by atoms with E-state index in [1.165, 1.54) is 7.11 Å². The lowest BCUT2D eigenvalue weighted by molar-refractivity contribution is 0.343. The van der Waals surface area contributed by atoms with Gasteiger partial charge in [0.1, 0.15) is 5.54 Å². The molecule has 1 N–H and O–H groups in total. The summed E-state index contributed by atoms with van der Waals surface area (Å²) in [4.78, 5) is 8.91. The second-order valence-corrected chi connectivity index (χ2v) is 7.20. The molecule has 30 heavy (non-hydrogen) atoms. The van der Waals surface area contributed by atoms with Gasteiger partial charge < -0.3 is 14.6 Å². The molecule has 0 spiro atoms. The van der Waals surface area contributed by atoms with Crippen LogP contribution in [0.25, 0.3) is 27.8 Å². The van der Waals surface area contributed by atoms with Gasteiger partial charge in [0, 0.05) is 18.0 Å². The summed E-state index contributed by atoms with van der Waals surface area (Å²) in [6.45, 7) is 3.53. The summed E-state index contributed by atoms with van der Waals surface area (Å²) in [6.07, 6.45) is 6.68. The van der Waals surface area contributed by atoms with Gasteiger partial charge in [-0.1, -0.05) is 0 Å². The zero-order valence-electron chi connectivity index (χ0n) is 17.0. The highest BCUT2D eigenvalue weighted by atomic mass is 16.5. The molecule has 0 aromatic carbocycles. The molecule has 0 aliphatic carbocycles. The fourth-order valence-corrected chi connectivity index (χ4v) is 3.10. The van der Waals surface area contributed by atoms with Crippen LogP contribution in [0.3, 0.4) is 0 Å². The first-order chi connectivity index (χ1) is 14.4. The van der Waals surface area contributed by atoms with Crippen molar-refractivity contribution in [2.75, 3.05) is 14.2 Å². The lowest BCUT2D eigenvalue weighted by Crippen LogP contribution is -2.24. The van der Waals surface area contributed by atoms with Gasteiger partial charge in [0.25, 0.3) is 5.88 Å². The van der Waals surface area contributed by atoms with Crippen molar-refractivity contribution in [2.24, 2.45) is 0 Å². The average Bonchev–Trinajstić information content (AvgIpc) is 3.38. The van der Waals surface area contributed by atoms with E-state index in [1.807, 2.05) is 0 Å². The first-order valence-electron chi connectivity index (χ1n) is 9.14. The number of ether oxygens (including phenoxy) is 2. The third kappa shape index (κ3) is 3.08. The van der Waals surface area contributed by atoms with E-state index < -0.39 is 5.54 Å². The molecular weight excluding hydrogens is 384 g/mol. The van der Waals surface area contributed by atoms with Crippen LogP contribution in [0.4, 0.5) is 0 Å². The Bertz CT molecular complexity index is 1280. The van der Waals surface area contributed by atoms with Gasteiger partial charge in [0.2, 0.25) is 5.88 Å². The van der Waals surface area contributed by atoms with Gasteiger partial charge in [-0.25, -0.2) is 9.97 Å². The predicted molar refractivity (Wildman–Crippen MR) is 110 cm³/mol. The second-order valence-electron chi connectivity index (χ2n) is 7.20. The van der Waals surface area contributed by atoms with Crippen LogP contribution >= 0.6 is 0 Å². The Morgan fingerprint density at radius 3 is 2.63 bits per heavy atom. The number of nitrogens with zero attached hydrogens (tertiary/aromatic N) is 6. The zero-order chi connectivity index (χ0) is 21.5. The van der Waals surface area contributed by atoms with E-state index in [-0.39, 0.29) is 5.88 Å². The minimum absolute atomic E-state index is 0.0452. The van der Waals surface area contributed by atoms with E-state index in [2.05, 4.69) is 21.1 Å². The van der Waals surface area contributed by atoms with Crippen LogP contribution < -0.4 is 9.47 Å². The van der Waals surface area contributed by atoms with Crippen molar-refractivity contribution < 1.29 is 14.6 Å². The minimum atomic E-state index is -0.799. The predicted octanol–water partition coefficient (Wildman–Crippen LogP) is 3.27. The number of nitriles is 1. The molecule has 0 amide bonds. The highest BCUT2D eigenvalue weighted by Crippen LogP contribution is 2.33. The third-order valence-corrected chi connectivity index (χ3v) is 4.87. The largest absolute Gasteiger partial charge is 0.494 e. The van der Waals surface area contributed by atoms with E-state index in [4.69, 9.17) is 9.47 Å². The Morgan fingerprint density at radius 2 is 1.93 bits per heavy atom. The smallest absolute Gasteiger partial charge is 0.256 e. The van der Waals surface area contributed by atoms with Crippen LogP contribution in [0.15, 0.2) is 43.0 Å². The molecule has 0 radical (unpaired) electrons. The molecule has 0 saturated carbocycles. The van der Waals surface area contributed by atoms with Crippen LogP contribution in [-0.4, -0.2) is 43.6 Å². The molecule has 152 valence electrons. The fourth-order valence-electron chi connectivity index (χ4n) is 3.10. The number of aromatic hydroxyl groups is 1. The molecule has 9 nitrogen and oxygen atoms in total. The maximum Gasteiger partial charge on any atom is 0.256 e. The topological polar surface area (TPSA) is 111 Å². The highest BCUT2D eigenvalue weighted by Gasteiger charge is 2.21. The van der Waals surface area contributed by atoms with Gasteiger partial charge >= 0.3 is 0 Å². The third-order valence-electron chi connectivity index (χ3n) is 4.87. The Labute approximate surface area is 172 Å². The molecule has 4 aromatic heterocycles. The molecule has 4 aromatic rings. The molecule has 0 bridgehead atoms. The van der Waals surface area contributed by atoms with Crippen molar-refractivity contribution in [2.45, 2.75) is 19.4 Å². The molecular formula is C21H20N6O3. The molecule has 4 heterocycles. The van der Waals surface area contributed by atoms with Gasteiger partial charge in [-0.3, -0.25) is 9.25 Å². The number of aromatic nitrogens is 5. The monoisotopic (exact) mass is 404 g/mol. The summed E-state index contributed by atoms with van der Waals surface area (Å²) in [5.41, 5.74) is 1.86.